The summed E-state index contributed by atoms with van der Waals surface area (Å²) >= 11 is 0. The highest BCUT2D eigenvalue weighted by Gasteiger charge is 2.25. The van der Waals surface area contributed by atoms with Crippen LogP contribution in [0.4, 0.5) is 4.79 Å². The van der Waals surface area contributed by atoms with E-state index >= 15 is 0 Å². The van der Waals surface area contributed by atoms with Crippen molar-refractivity contribution in [2.45, 2.75) is 51.7 Å². The monoisotopic (exact) mass is 270 g/mol. The number of ether oxygens (including phenoxy) is 1. The minimum Gasteiger partial charge on any atom is -0.444 e. The second kappa shape index (κ2) is 6.54. The molecule has 0 aromatic carbocycles. The van der Waals surface area contributed by atoms with Crippen LogP contribution in [0.2, 0.25) is 0 Å². The van der Waals surface area contributed by atoms with Crippen molar-refractivity contribution >= 4 is 18.3 Å². The number of nitrogens with one attached hydrogen (secondary N) is 2. The number of carbonyl (C=O) groups excluding carboxylic acids is 3. The molecule has 108 valence electrons. The highest BCUT2D eigenvalue weighted by molar-refractivity contribution is 5.82. The van der Waals surface area contributed by atoms with Crippen molar-refractivity contribution < 1.29 is 19.1 Å². The lowest BCUT2D eigenvalue weighted by Gasteiger charge is -2.20. The summed E-state index contributed by atoms with van der Waals surface area (Å²) in [5, 5.41) is 5.19. The van der Waals surface area contributed by atoms with Gasteiger partial charge in [-0.05, 0) is 40.0 Å². The lowest BCUT2D eigenvalue weighted by molar-refractivity contribution is -0.121. The number of hydrogen-bond donors (Lipinski definition) is 2. The highest BCUT2D eigenvalue weighted by atomic mass is 16.6. The van der Waals surface area contributed by atoms with Gasteiger partial charge in [0.2, 0.25) is 5.91 Å². The Hall–Kier alpha value is -1.59. The zero-order valence-electron chi connectivity index (χ0n) is 11.7. The van der Waals surface area contributed by atoms with Crippen molar-refractivity contribution in [3.8, 4) is 0 Å². The lowest BCUT2D eigenvalue weighted by atomic mass is 10.1. The lowest BCUT2D eigenvalue weighted by Crippen LogP contribution is -2.42. The zero-order chi connectivity index (χ0) is 14.5. The van der Waals surface area contributed by atoms with Gasteiger partial charge in [0.1, 0.15) is 18.4 Å². The summed E-state index contributed by atoms with van der Waals surface area (Å²) in [5.74, 6) is -0.216. The molecular weight excluding hydrogens is 248 g/mol. The van der Waals surface area contributed by atoms with Gasteiger partial charge >= 0.3 is 6.09 Å². The molecule has 0 aliphatic heterocycles. The molecule has 1 rings (SSSR count). The maximum absolute atomic E-state index is 11.6. The summed E-state index contributed by atoms with van der Waals surface area (Å²) in [6.07, 6.45) is 2.63. The fourth-order valence-electron chi connectivity index (χ4n) is 2.02. The third kappa shape index (κ3) is 6.22. The van der Waals surface area contributed by atoms with E-state index in [0.717, 1.165) is 19.1 Å². The Morgan fingerprint density at radius 3 is 2.53 bits per heavy atom. The molecule has 2 amide bonds. The van der Waals surface area contributed by atoms with Crippen LogP contribution in [0, 0.1) is 5.92 Å². The van der Waals surface area contributed by atoms with Crippen LogP contribution >= 0.6 is 0 Å². The summed E-state index contributed by atoms with van der Waals surface area (Å²) in [6, 6.07) is 0.0307. The van der Waals surface area contributed by atoms with Crippen molar-refractivity contribution in [3.63, 3.8) is 0 Å². The van der Waals surface area contributed by atoms with Crippen LogP contribution in [-0.2, 0) is 14.3 Å². The van der Waals surface area contributed by atoms with E-state index in [1.165, 1.54) is 0 Å². The molecule has 6 nitrogen and oxygen atoms in total. The van der Waals surface area contributed by atoms with E-state index in [9.17, 15) is 14.4 Å². The fraction of sp³-hybridized carbons (Fsp3) is 0.769. The first-order valence-electron chi connectivity index (χ1n) is 6.51. The molecule has 0 saturated heterocycles. The Balaban J connectivity index is 2.21. The molecule has 0 aromatic rings. The molecule has 1 fully saturated rings. The molecule has 0 aromatic heterocycles. The second-order valence-electron chi connectivity index (χ2n) is 5.83. The van der Waals surface area contributed by atoms with Gasteiger partial charge < -0.3 is 20.2 Å². The maximum atomic E-state index is 11.6. The summed E-state index contributed by atoms with van der Waals surface area (Å²) in [7, 11) is 0. The molecule has 2 N–H and O–H groups in total. The summed E-state index contributed by atoms with van der Waals surface area (Å²) in [5.41, 5.74) is -0.580. The van der Waals surface area contributed by atoms with Crippen LogP contribution in [0.25, 0.3) is 0 Å². The van der Waals surface area contributed by atoms with E-state index in [1.807, 2.05) is 0 Å². The third-order valence-corrected chi connectivity index (χ3v) is 2.82. The largest absolute Gasteiger partial charge is 0.444 e. The number of carbonyl (C=O) groups is 3. The Bertz CT molecular complexity index is 349. The Labute approximate surface area is 113 Å². The molecule has 2 atom stereocenters. The Morgan fingerprint density at radius 1 is 1.32 bits per heavy atom. The number of alkyl carbamates (subject to hydrolysis) is 1. The molecule has 19 heavy (non-hydrogen) atoms. The first kappa shape index (κ1) is 15.5. The molecule has 0 heterocycles. The van der Waals surface area contributed by atoms with Gasteiger partial charge in [-0.15, -0.1) is 0 Å². The van der Waals surface area contributed by atoms with Gasteiger partial charge in [0, 0.05) is 12.0 Å². The standard InChI is InChI=1S/C13H22N2O4/c1-13(2,3)19-12(18)14-7-11(17)15-10-5-4-9(6-10)8-16/h8-10H,4-7H2,1-3H3,(H,14,18)(H,15,17). The van der Waals surface area contributed by atoms with Gasteiger partial charge in [0.15, 0.2) is 0 Å². The quantitative estimate of drug-likeness (QED) is 0.746. The molecule has 1 saturated carbocycles. The first-order chi connectivity index (χ1) is 8.80. The van der Waals surface area contributed by atoms with Crippen LogP contribution < -0.4 is 10.6 Å². The molecule has 2 unspecified atom stereocenters. The molecule has 0 radical (unpaired) electrons. The van der Waals surface area contributed by atoms with Crippen LogP contribution in [-0.4, -0.2) is 36.5 Å². The van der Waals surface area contributed by atoms with E-state index in [1.54, 1.807) is 20.8 Å². The van der Waals surface area contributed by atoms with Gasteiger partial charge in [-0.1, -0.05) is 0 Å². The highest BCUT2D eigenvalue weighted by Crippen LogP contribution is 2.23. The predicted molar refractivity (Wildman–Crippen MR) is 69.6 cm³/mol. The van der Waals surface area contributed by atoms with E-state index in [-0.39, 0.29) is 24.4 Å². The van der Waals surface area contributed by atoms with E-state index < -0.39 is 11.7 Å². The first-order valence-corrected chi connectivity index (χ1v) is 6.51. The van der Waals surface area contributed by atoms with Crippen LogP contribution in [0.3, 0.4) is 0 Å². The number of amides is 2. The van der Waals surface area contributed by atoms with E-state index in [4.69, 9.17) is 4.74 Å². The van der Waals surface area contributed by atoms with Gasteiger partial charge in [-0.25, -0.2) is 4.79 Å². The van der Waals surface area contributed by atoms with Crippen molar-refractivity contribution in [2.24, 2.45) is 5.92 Å². The van der Waals surface area contributed by atoms with Gasteiger partial charge in [0.05, 0.1) is 0 Å². The van der Waals surface area contributed by atoms with Crippen molar-refractivity contribution in [2.75, 3.05) is 6.54 Å². The Morgan fingerprint density at radius 2 is 2.00 bits per heavy atom. The predicted octanol–water partition coefficient (Wildman–Crippen LogP) is 0.995. The smallest absolute Gasteiger partial charge is 0.408 e. The van der Waals surface area contributed by atoms with Crippen molar-refractivity contribution in [3.05, 3.63) is 0 Å². The minimum absolute atomic E-state index is 0.0307. The van der Waals surface area contributed by atoms with Crippen LogP contribution in [0.15, 0.2) is 0 Å². The molecule has 1 aliphatic carbocycles. The average Bonchev–Trinajstić information content (AvgIpc) is 2.72. The zero-order valence-corrected chi connectivity index (χ0v) is 11.7. The van der Waals surface area contributed by atoms with Gasteiger partial charge in [-0.3, -0.25) is 4.79 Å². The summed E-state index contributed by atoms with van der Waals surface area (Å²) in [6.45, 7) is 5.15. The van der Waals surface area contributed by atoms with Crippen molar-refractivity contribution in [1.29, 1.82) is 0 Å². The molecule has 0 spiro atoms. The number of aldehydes is 1. The van der Waals surface area contributed by atoms with Gasteiger partial charge in [-0.2, -0.15) is 0 Å². The van der Waals surface area contributed by atoms with Crippen LogP contribution in [0.1, 0.15) is 40.0 Å². The summed E-state index contributed by atoms with van der Waals surface area (Å²) in [4.78, 5) is 33.5. The molecule has 6 heteroatoms. The molecule has 1 aliphatic rings. The Kier molecular flexibility index (Phi) is 5.32. The SMILES string of the molecule is CC(C)(C)OC(=O)NCC(=O)NC1CCC(C=O)C1. The number of hydrogen-bond acceptors (Lipinski definition) is 4. The minimum atomic E-state index is -0.611. The topological polar surface area (TPSA) is 84.5 Å². The van der Waals surface area contributed by atoms with E-state index in [0.29, 0.717) is 6.42 Å². The van der Waals surface area contributed by atoms with Crippen molar-refractivity contribution in [1.82, 2.24) is 10.6 Å². The fourth-order valence-corrected chi connectivity index (χ4v) is 2.02. The third-order valence-electron chi connectivity index (χ3n) is 2.82. The van der Waals surface area contributed by atoms with Crippen LogP contribution in [0.5, 0.6) is 0 Å². The second-order valence-corrected chi connectivity index (χ2v) is 5.83. The maximum Gasteiger partial charge on any atom is 0.408 e. The van der Waals surface area contributed by atoms with E-state index in [2.05, 4.69) is 10.6 Å². The summed E-state index contributed by atoms with van der Waals surface area (Å²) < 4.78 is 5.02. The average molecular weight is 270 g/mol. The molecular formula is C13H22N2O4. The number of rotatable bonds is 4. The normalized spacial score (nSPS) is 22.7. The van der Waals surface area contributed by atoms with Gasteiger partial charge in [0.25, 0.3) is 0 Å². The molecule has 0 bridgehead atoms.